The summed E-state index contributed by atoms with van der Waals surface area (Å²) in [5.41, 5.74) is 6.54. The summed E-state index contributed by atoms with van der Waals surface area (Å²) in [6.07, 6.45) is -0.845. The lowest BCUT2D eigenvalue weighted by Gasteiger charge is -2.16. The summed E-state index contributed by atoms with van der Waals surface area (Å²) in [4.78, 5) is 12.1. The van der Waals surface area contributed by atoms with E-state index in [0.29, 0.717) is 5.75 Å². The van der Waals surface area contributed by atoms with Crippen LogP contribution in [0.15, 0.2) is 36.4 Å². The topological polar surface area (TPSA) is 103 Å². The highest BCUT2D eigenvalue weighted by atomic mass is 35.5. The average molecular weight is 395 g/mol. The molecule has 0 aromatic heterocycles. The number of carbonyl (C=O) groups is 1. The van der Waals surface area contributed by atoms with Gasteiger partial charge < -0.3 is 30.4 Å². The van der Waals surface area contributed by atoms with Gasteiger partial charge in [0.25, 0.3) is 5.91 Å². The summed E-state index contributed by atoms with van der Waals surface area (Å²) in [6.45, 7) is 0.262. The highest BCUT2D eigenvalue weighted by Gasteiger charge is 2.17. The van der Waals surface area contributed by atoms with Crippen molar-refractivity contribution in [3.05, 3.63) is 52.5 Å². The first-order valence-electron chi connectivity index (χ1n) is 8.30. The molecule has 1 amide bonds. The number of rotatable bonds is 9. The van der Waals surface area contributed by atoms with Gasteiger partial charge in [-0.05, 0) is 23.8 Å². The van der Waals surface area contributed by atoms with Crippen molar-refractivity contribution in [1.29, 1.82) is 0 Å². The number of hydrogen-bond donors (Lipinski definition) is 3. The molecule has 2 aromatic carbocycles. The molecule has 0 aliphatic carbocycles. The molecule has 8 heteroatoms. The molecule has 0 saturated carbocycles. The van der Waals surface area contributed by atoms with Crippen LogP contribution in [0.25, 0.3) is 0 Å². The summed E-state index contributed by atoms with van der Waals surface area (Å²) < 4.78 is 16.4. The van der Waals surface area contributed by atoms with Gasteiger partial charge in [0, 0.05) is 19.7 Å². The number of nitrogens with one attached hydrogen (secondary N) is 1. The Kier molecular flexibility index (Phi) is 7.72. The minimum Gasteiger partial charge on any atom is -0.497 e. The Bertz CT molecular complexity index is 767. The van der Waals surface area contributed by atoms with E-state index < -0.39 is 6.10 Å². The summed E-state index contributed by atoms with van der Waals surface area (Å²) >= 11 is 6.26. The monoisotopic (exact) mass is 394 g/mol. The zero-order valence-corrected chi connectivity index (χ0v) is 16.0. The molecule has 0 aliphatic heterocycles. The van der Waals surface area contributed by atoms with Gasteiger partial charge in [0.15, 0.2) is 0 Å². The van der Waals surface area contributed by atoms with E-state index in [2.05, 4.69) is 5.32 Å². The van der Waals surface area contributed by atoms with Crippen LogP contribution in [0.5, 0.6) is 17.2 Å². The lowest BCUT2D eigenvalue weighted by molar-refractivity contribution is 0.0942. The molecule has 0 aliphatic rings. The highest BCUT2D eigenvalue weighted by Crippen LogP contribution is 2.33. The van der Waals surface area contributed by atoms with Crippen molar-refractivity contribution in [2.45, 2.75) is 12.7 Å². The van der Waals surface area contributed by atoms with Gasteiger partial charge >= 0.3 is 0 Å². The van der Waals surface area contributed by atoms with Gasteiger partial charge in [-0.25, -0.2) is 0 Å². The standard InChI is InChI=1S/C19H23ClN2O5/c1-22-19(24)15-7-16(20)18(8-17(15)27-11-13(23)9-21)26-10-12-3-5-14(25-2)6-4-12/h3-8,13,23H,9-11,21H2,1-2H3,(H,22,24)/t13-/m0/s1. The molecule has 0 bridgehead atoms. The second-order valence-electron chi connectivity index (χ2n) is 5.70. The van der Waals surface area contributed by atoms with E-state index in [1.165, 1.54) is 19.2 Å². The molecule has 2 aromatic rings. The van der Waals surface area contributed by atoms with Gasteiger partial charge in [0.1, 0.15) is 36.6 Å². The molecule has 0 fully saturated rings. The Morgan fingerprint density at radius 2 is 1.93 bits per heavy atom. The molecule has 0 saturated heterocycles. The fraction of sp³-hybridized carbons (Fsp3) is 0.316. The third-order valence-corrected chi connectivity index (χ3v) is 4.06. The van der Waals surface area contributed by atoms with Crippen LogP contribution in [0.3, 0.4) is 0 Å². The van der Waals surface area contributed by atoms with Crippen molar-refractivity contribution in [2.24, 2.45) is 5.73 Å². The Balaban J connectivity index is 2.20. The maximum atomic E-state index is 12.1. The number of hydrogen-bond acceptors (Lipinski definition) is 6. The maximum Gasteiger partial charge on any atom is 0.254 e. The first-order chi connectivity index (χ1) is 13.0. The van der Waals surface area contributed by atoms with E-state index in [0.717, 1.165) is 11.3 Å². The van der Waals surface area contributed by atoms with Crippen molar-refractivity contribution >= 4 is 17.5 Å². The summed E-state index contributed by atoms with van der Waals surface area (Å²) in [5, 5.41) is 12.4. The van der Waals surface area contributed by atoms with E-state index in [-0.39, 0.29) is 42.0 Å². The number of benzene rings is 2. The van der Waals surface area contributed by atoms with Crippen LogP contribution in [-0.2, 0) is 6.61 Å². The predicted molar refractivity (Wildman–Crippen MR) is 103 cm³/mol. The van der Waals surface area contributed by atoms with Crippen molar-refractivity contribution in [3.63, 3.8) is 0 Å². The molecule has 0 radical (unpaired) electrons. The van der Waals surface area contributed by atoms with Crippen LogP contribution in [0, 0.1) is 0 Å². The molecule has 2 rings (SSSR count). The van der Waals surface area contributed by atoms with Gasteiger partial charge in [0.05, 0.1) is 17.7 Å². The third-order valence-electron chi connectivity index (χ3n) is 3.76. The van der Waals surface area contributed by atoms with Crippen LogP contribution < -0.4 is 25.3 Å². The van der Waals surface area contributed by atoms with Crippen LogP contribution in [-0.4, -0.2) is 44.4 Å². The molecule has 7 nitrogen and oxygen atoms in total. The summed E-state index contributed by atoms with van der Waals surface area (Å²) in [6, 6.07) is 10.4. The minimum atomic E-state index is -0.845. The normalized spacial score (nSPS) is 11.6. The number of amides is 1. The molecule has 4 N–H and O–H groups in total. The average Bonchev–Trinajstić information content (AvgIpc) is 2.71. The Labute approximate surface area is 163 Å². The summed E-state index contributed by atoms with van der Waals surface area (Å²) in [7, 11) is 3.10. The summed E-state index contributed by atoms with van der Waals surface area (Å²) in [5.74, 6) is 0.991. The number of halogens is 1. The van der Waals surface area contributed by atoms with Gasteiger partial charge in [0.2, 0.25) is 0 Å². The number of carbonyl (C=O) groups excluding carboxylic acids is 1. The quantitative estimate of drug-likeness (QED) is 0.601. The van der Waals surface area contributed by atoms with Gasteiger partial charge in [-0.15, -0.1) is 0 Å². The third kappa shape index (κ3) is 5.75. The lowest BCUT2D eigenvalue weighted by Crippen LogP contribution is -2.27. The second-order valence-corrected chi connectivity index (χ2v) is 6.10. The van der Waals surface area contributed by atoms with E-state index >= 15 is 0 Å². The zero-order valence-electron chi connectivity index (χ0n) is 15.2. The fourth-order valence-corrected chi connectivity index (χ4v) is 2.43. The van der Waals surface area contributed by atoms with Crippen molar-refractivity contribution in [2.75, 3.05) is 27.3 Å². The molecule has 0 unspecified atom stereocenters. The second kappa shape index (κ2) is 10.0. The fourth-order valence-electron chi connectivity index (χ4n) is 2.21. The number of methoxy groups -OCH3 is 1. The van der Waals surface area contributed by atoms with Crippen LogP contribution >= 0.6 is 11.6 Å². The van der Waals surface area contributed by atoms with E-state index in [1.54, 1.807) is 7.11 Å². The van der Waals surface area contributed by atoms with Crippen molar-refractivity contribution in [1.82, 2.24) is 5.32 Å². The molecule has 27 heavy (non-hydrogen) atoms. The van der Waals surface area contributed by atoms with E-state index in [1.807, 2.05) is 24.3 Å². The van der Waals surface area contributed by atoms with Crippen LogP contribution in [0.1, 0.15) is 15.9 Å². The lowest BCUT2D eigenvalue weighted by atomic mass is 10.1. The van der Waals surface area contributed by atoms with Gasteiger partial charge in [-0.3, -0.25) is 4.79 Å². The Hall–Kier alpha value is -2.48. The maximum absolute atomic E-state index is 12.1. The van der Waals surface area contributed by atoms with Crippen LogP contribution in [0.4, 0.5) is 0 Å². The smallest absolute Gasteiger partial charge is 0.254 e. The Morgan fingerprint density at radius 3 is 2.52 bits per heavy atom. The predicted octanol–water partition coefficient (Wildman–Crippen LogP) is 1.99. The van der Waals surface area contributed by atoms with Gasteiger partial charge in [-0.2, -0.15) is 0 Å². The van der Waals surface area contributed by atoms with Gasteiger partial charge in [-0.1, -0.05) is 23.7 Å². The highest BCUT2D eigenvalue weighted by molar-refractivity contribution is 6.32. The number of aliphatic hydroxyl groups excluding tert-OH is 1. The number of nitrogens with two attached hydrogens (primary N) is 1. The molecule has 146 valence electrons. The SMILES string of the molecule is CNC(=O)c1cc(Cl)c(OCc2ccc(OC)cc2)cc1OC[C@@H](O)CN. The number of aliphatic hydroxyl groups is 1. The molecule has 0 heterocycles. The molecule has 0 spiro atoms. The molecule has 1 atom stereocenters. The first kappa shape index (κ1) is 20.8. The van der Waals surface area contributed by atoms with E-state index in [9.17, 15) is 9.90 Å². The largest absolute Gasteiger partial charge is 0.497 e. The Morgan fingerprint density at radius 1 is 1.22 bits per heavy atom. The first-order valence-corrected chi connectivity index (χ1v) is 8.68. The zero-order chi connectivity index (χ0) is 19.8. The molecular weight excluding hydrogens is 372 g/mol. The van der Waals surface area contributed by atoms with Crippen molar-refractivity contribution in [3.8, 4) is 17.2 Å². The number of ether oxygens (including phenoxy) is 3. The van der Waals surface area contributed by atoms with E-state index in [4.69, 9.17) is 31.5 Å². The van der Waals surface area contributed by atoms with Crippen LogP contribution in [0.2, 0.25) is 5.02 Å². The molecular formula is C19H23ClN2O5. The minimum absolute atomic E-state index is 0.0454. The van der Waals surface area contributed by atoms with Crippen molar-refractivity contribution < 1.29 is 24.1 Å².